The summed E-state index contributed by atoms with van der Waals surface area (Å²) in [7, 11) is 0. The zero-order valence-electron chi connectivity index (χ0n) is 8.75. The fourth-order valence-electron chi connectivity index (χ4n) is 1.41. The van der Waals surface area contributed by atoms with Crippen molar-refractivity contribution in [2.75, 3.05) is 5.32 Å². The summed E-state index contributed by atoms with van der Waals surface area (Å²) in [4.78, 5) is 4.03. The van der Waals surface area contributed by atoms with Gasteiger partial charge in [-0.2, -0.15) is 0 Å². The Hall–Kier alpha value is -1.13. The number of pyridine rings is 1. The molecule has 0 spiro atoms. The second-order valence-corrected chi connectivity index (χ2v) is 4.78. The Balaban J connectivity index is 2.13. The number of halogens is 3. The average molecular weight is 316 g/mol. The maximum atomic E-state index is 13.5. The summed E-state index contributed by atoms with van der Waals surface area (Å²) >= 11 is 9.23. The van der Waals surface area contributed by atoms with Crippen molar-refractivity contribution in [1.82, 2.24) is 4.98 Å². The largest absolute Gasteiger partial charge is 0.377 e. The Morgan fingerprint density at radius 1 is 1.35 bits per heavy atom. The highest BCUT2D eigenvalue weighted by Gasteiger charge is 2.06. The van der Waals surface area contributed by atoms with Crippen molar-refractivity contribution < 1.29 is 4.39 Å². The van der Waals surface area contributed by atoms with Crippen molar-refractivity contribution >= 4 is 33.2 Å². The maximum Gasteiger partial charge on any atom is 0.147 e. The second-order valence-electron chi connectivity index (χ2n) is 3.46. The molecule has 0 saturated heterocycles. The monoisotopic (exact) mass is 314 g/mol. The molecular weight excluding hydrogens is 307 g/mol. The first-order valence-corrected chi connectivity index (χ1v) is 6.11. The summed E-state index contributed by atoms with van der Waals surface area (Å²) in [5.41, 5.74) is 1.26. The highest BCUT2D eigenvalue weighted by molar-refractivity contribution is 9.10. The van der Waals surface area contributed by atoms with E-state index in [1.54, 1.807) is 24.5 Å². The van der Waals surface area contributed by atoms with Crippen LogP contribution in [0.1, 0.15) is 5.56 Å². The molecule has 0 fully saturated rings. The van der Waals surface area contributed by atoms with Crippen molar-refractivity contribution in [2.24, 2.45) is 0 Å². The lowest BCUT2D eigenvalue weighted by Crippen LogP contribution is -2.02. The molecule has 0 radical (unpaired) electrons. The molecule has 0 amide bonds. The van der Waals surface area contributed by atoms with Crippen LogP contribution in [0.25, 0.3) is 0 Å². The van der Waals surface area contributed by atoms with Gasteiger partial charge in [0.2, 0.25) is 0 Å². The van der Waals surface area contributed by atoms with Gasteiger partial charge in [-0.25, -0.2) is 4.39 Å². The zero-order chi connectivity index (χ0) is 12.3. The van der Waals surface area contributed by atoms with Gasteiger partial charge in [0.1, 0.15) is 5.82 Å². The second kappa shape index (κ2) is 5.47. The van der Waals surface area contributed by atoms with Gasteiger partial charge >= 0.3 is 0 Å². The van der Waals surface area contributed by atoms with Crippen LogP contribution in [0.15, 0.2) is 41.1 Å². The van der Waals surface area contributed by atoms with Crippen LogP contribution in [0.4, 0.5) is 10.1 Å². The predicted molar refractivity (Wildman–Crippen MR) is 70.7 cm³/mol. The molecule has 1 aromatic carbocycles. The molecule has 0 aliphatic heterocycles. The van der Waals surface area contributed by atoms with Crippen LogP contribution in [0.5, 0.6) is 0 Å². The van der Waals surface area contributed by atoms with Gasteiger partial charge in [-0.3, -0.25) is 4.98 Å². The average Bonchev–Trinajstić information content (AvgIpc) is 2.28. The quantitative estimate of drug-likeness (QED) is 0.916. The fraction of sp³-hybridized carbons (Fsp3) is 0.0833. The summed E-state index contributed by atoms with van der Waals surface area (Å²) in [5, 5.41) is 3.33. The van der Waals surface area contributed by atoms with Gasteiger partial charge in [-0.05, 0) is 39.7 Å². The molecule has 17 heavy (non-hydrogen) atoms. The van der Waals surface area contributed by atoms with Crippen molar-refractivity contribution in [3.8, 4) is 0 Å². The minimum atomic E-state index is -0.361. The molecule has 0 atom stereocenters. The van der Waals surface area contributed by atoms with E-state index in [4.69, 9.17) is 11.6 Å². The minimum Gasteiger partial charge on any atom is -0.377 e. The molecule has 2 nitrogen and oxygen atoms in total. The number of para-hydroxylation sites is 1. The topological polar surface area (TPSA) is 24.9 Å². The Labute approximate surface area is 112 Å². The number of hydrogen-bond donors (Lipinski definition) is 1. The van der Waals surface area contributed by atoms with Crippen molar-refractivity contribution in [1.29, 1.82) is 0 Å². The van der Waals surface area contributed by atoms with Crippen LogP contribution in [0.3, 0.4) is 0 Å². The third-order valence-electron chi connectivity index (χ3n) is 2.19. The zero-order valence-corrected chi connectivity index (χ0v) is 11.1. The summed E-state index contributed by atoms with van der Waals surface area (Å²) < 4.78 is 14.3. The van der Waals surface area contributed by atoms with Crippen LogP contribution in [-0.4, -0.2) is 4.98 Å². The van der Waals surface area contributed by atoms with E-state index in [0.29, 0.717) is 17.3 Å². The van der Waals surface area contributed by atoms with Crippen LogP contribution >= 0.6 is 27.5 Å². The van der Waals surface area contributed by atoms with Crippen LogP contribution in [0, 0.1) is 5.82 Å². The summed E-state index contributed by atoms with van der Waals surface area (Å²) in [6.07, 6.45) is 3.41. The number of hydrogen-bond acceptors (Lipinski definition) is 2. The van der Waals surface area contributed by atoms with Gasteiger partial charge in [0, 0.05) is 23.4 Å². The lowest BCUT2D eigenvalue weighted by atomic mass is 10.2. The number of anilines is 1. The Kier molecular flexibility index (Phi) is 3.97. The number of rotatable bonds is 3. The standard InChI is InChI=1S/C12H9BrClFN2/c13-9-4-8(5-16-7-9)6-17-12-10(14)2-1-3-11(12)15/h1-5,7,17H,6H2. The van der Waals surface area contributed by atoms with Crippen molar-refractivity contribution in [2.45, 2.75) is 6.54 Å². The molecule has 5 heteroatoms. The summed E-state index contributed by atoms with van der Waals surface area (Å²) in [6, 6.07) is 6.50. The normalized spacial score (nSPS) is 10.3. The van der Waals surface area contributed by atoms with E-state index in [0.717, 1.165) is 10.0 Å². The first-order valence-electron chi connectivity index (χ1n) is 4.94. The fourth-order valence-corrected chi connectivity index (χ4v) is 2.05. The van der Waals surface area contributed by atoms with Gasteiger partial charge in [0.25, 0.3) is 0 Å². The van der Waals surface area contributed by atoms with Crippen molar-refractivity contribution in [3.63, 3.8) is 0 Å². The first kappa shape index (κ1) is 12.3. The van der Waals surface area contributed by atoms with E-state index in [-0.39, 0.29) is 5.82 Å². The lowest BCUT2D eigenvalue weighted by molar-refractivity contribution is 0.630. The number of nitrogens with one attached hydrogen (secondary N) is 1. The predicted octanol–water partition coefficient (Wildman–Crippen LogP) is 4.25. The van der Waals surface area contributed by atoms with E-state index in [1.807, 2.05) is 6.07 Å². The molecule has 0 bridgehead atoms. The highest BCUT2D eigenvalue weighted by Crippen LogP contribution is 2.25. The Morgan fingerprint density at radius 2 is 2.18 bits per heavy atom. The third kappa shape index (κ3) is 3.17. The third-order valence-corrected chi connectivity index (χ3v) is 2.94. The molecule has 1 heterocycles. The molecule has 0 saturated carbocycles. The number of nitrogens with zero attached hydrogens (tertiary/aromatic N) is 1. The van der Waals surface area contributed by atoms with E-state index >= 15 is 0 Å². The summed E-state index contributed by atoms with van der Waals surface area (Å²) in [6.45, 7) is 0.465. The van der Waals surface area contributed by atoms with Crippen molar-refractivity contribution in [3.05, 3.63) is 57.5 Å². The highest BCUT2D eigenvalue weighted by atomic mass is 79.9. The van der Waals surface area contributed by atoms with Crippen LogP contribution in [0.2, 0.25) is 5.02 Å². The van der Waals surface area contributed by atoms with Gasteiger partial charge in [0.15, 0.2) is 0 Å². The van der Waals surface area contributed by atoms with Gasteiger partial charge < -0.3 is 5.32 Å². The van der Waals surface area contributed by atoms with E-state index in [1.165, 1.54) is 6.07 Å². The van der Waals surface area contributed by atoms with Crippen LogP contribution in [-0.2, 0) is 6.54 Å². The molecule has 88 valence electrons. The van der Waals surface area contributed by atoms with Crippen LogP contribution < -0.4 is 5.32 Å². The number of benzene rings is 1. The Morgan fingerprint density at radius 3 is 2.88 bits per heavy atom. The molecule has 0 aliphatic rings. The number of aromatic nitrogens is 1. The molecule has 1 aromatic heterocycles. The first-order chi connectivity index (χ1) is 8.16. The lowest BCUT2D eigenvalue weighted by Gasteiger charge is -2.09. The molecule has 0 aliphatic carbocycles. The molecule has 1 N–H and O–H groups in total. The van der Waals surface area contributed by atoms with Gasteiger partial charge in [-0.1, -0.05) is 17.7 Å². The minimum absolute atomic E-state index is 0.314. The smallest absolute Gasteiger partial charge is 0.147 e. The van der Waals surface area contributed by atoms with E-state index < -0.39 is 0 Å². The van der Waals surface area contributed by atoms with E-state index in [9.17, 15) is 4.39 Å². The van der Waals surface area contributed by atoms with Gasteiger partial charge in [-0.15, -0.1) is 0 Å². The molecule has 0 unspecified atom stereocenters. The van der Waals surface area contributed by atoms with E-state index in [2.05, 4.69) is 26.2 Å². The molecule has 2 aromatic rings. The molecular formula is C12H9BrClFN2. The maximum absolute atomic E-state index is 13.5. The molecule has 2 rings (SSSR count). The van der Waals surface area contributed by atoms with Gasteiger partial charge in [0.05, 0.1) is 10.7 Å². The Bertz CT molecular complexity index is 513. The summed E-state index contributed by atoms with van der Waals surface area (Å²) in [5.74, 6) is -0.361. The SMILES string of the molecule is Fc1cccc(Cl)c1NCc1cncc(Br)c1.